The average molecular weight is 454 g/mol. The lowest BCUT2D eigenvalue weighted by molar-refractivity contribution is -0.137. The van der Waals surface area contributed by atoms with Crippen molar-refractivity contribution in [2.24, 2.45) is 5.92 Å². The number of benzene rings is 1. The highest BCUT2D eigenvalue weighted by Gasteiger charge is 2.45. The zero-order chi connectivity index (χ0) is 23.0. The SMILES string of the molecule is O=C(c1ccccc1-c1ncccn1)N1C[C@@H]2CC[C@H]1[C@H](Oc1ccc(C(F)(F)F)cn1)C2. The molecule has 2 aromatic heterocycles. The second kappa shape index (κ2) is 8.46. The number of ether oxygens (including phenoxy) is 1. The molecule has 0 radical (unpaired) electrons. The molecule has 3 atom stereocenters. The summed E-state index contributed by atoms with van der Waals surface area (Å²) < 4.78 is 44.5. The molecule has 3 aliphatic rings. The van der Waals surface area contributed by atoms with Crippen LogP contribution in [0.25, 0.3) is 11.4 Å². The van der Waals surface area contributed by atoms with E-state index in [1.807, 2.05) is 23.1 Å². The third-order valence-electron chi connectivity index (χ3n) is 6.28. The molecule has 0 unspecified atom stereocenters. The van der Waals surface area contributed by atoms with E-state index < -0.39 is 11.7 Å². The van der Waals surface area contributed by atoms with Gasteiger partial charge in [0.25, 0.3) is 5.91 Å². The number of nitrogens with zero attached hydrogens (tertiary/aromatic N) is 4. The van der Waals surface area contributed by atoms with Gasteiger partial charge >= 0.3 is 6.18 Å². The first-order chi connectivity index (χ1) is 15.9. The Kier molecular flexibility index (Phi) is 5.47. The van der Waals surface area contributed by atoms with Crippen LogP contribution < -0.4 is 4.74 Å². The number of carbonyl (C=O) groups is 1. The van der Waals surface area contributed by atoms with Gasteiger partial charge in [-0.1, -0.05) is 18.2 Å². The maximum atomic E-state index is 13.6. The highest BCUT2D eigenvalue weighted by molar-refractivity contribution is 6.00. The molecule has 1 aromatic carbocycles. The number of pyridine rings is 1. The summed E-state index contributed by atoms with van der Waals surface area (Å²) in [7, 11) is 0. The number of alkyl halides is 3. The number of hydrogen-bond donors (Lipinski definition) is 0. The third-order valence-corrected chi connectivity index (χ3v) is 6.28. The van der Waals surface area contributed by atoms with Gasteiger partial charge in [-0.15, -0.1) is 0 Å². The van der Waals surface area contributed by atoms with Gasteiger partial charge in [0.15, 0.2) is 5.82 Å². The lowest BCUT2D eigenvalue weighted by Gasteiger charge is -2.49. The summed E-state index contributed by atoms with van der Waals surface area (Å²) in [5, 5.41) is 0. The van der Waals surface area contributed by atoms with Crippen molar-refractivity contribution in [3.8, 4) is 17.3 Å². The summed E-state index contributed by atoms with van der Waals surface area (Å²) >= 11 is 0. The van der Waals surface area contributed by atoms with Gasteiger partial charge in [-0.3, -0.25) is 4.79 Å². The molecule has 33 heavy (non-hydrogen) atoms. The number of carbonyl (C=O) groups excluding carboxylic acids is 1. The van der Waals surface area contributed by atoms with Gasteiger partial charge in [0.05, 0.1) is 17.2 Å². The van der Waals surface area contributed by atoms with E-state index in [2.05, 4.69) is 15.0 Å². The molecule has 0 spiro atoms. The number of amides is 1. The van der Waals surface area contributed by atoms with E-state index in [4.69, 9.17) is 4.74 Å². The van der Waals surface area contributed by atoms with Crippen LogP contribution in [0.1, 0.15) is 35.2 Å². The largest absolute Gasteiger partial charge is 0.472 e. The van der Waals surface area contributed by atoms with Gasteiger partial charge in [0.1, 0.15) is 6.10 Å². The molecule has 4 heterocycles. The van der Waals surface area contributed by atoms with Crippen molar-refractivity contribution < 1.29 is 22.7 Å². The molecule has 2 saturated heterocycles. The third kappa shape index (κ3) is 4.27. The van der Waals surface area contributed by atoms with Gasteiger partial charge in [-0.25, -0.2) is 15.0 Å². The van der Waals surface area contributed by atoms with Crippen molar-refractivity contribution in [3.63, 3.8) is 0 Å². The van der Waals surface area contributed by atoms with Gasteiger partial charge in [-0.2, -0.15) is 13.2 Å². The fourth-order valence-corrected chi connectivity index (χ4v) is 4.72. The van der Waals surface area contributed by atoms with E-state index in [1.165, 1.54) is 6.07 Å². The molecular formula is C24H21F3N4O2. The minimum atomic E-state index is -4.45. The van der Waals surface area contributed by atoms with E-state index in [0.29, 0.717) is 23.5 Å². The van der Waals surface area contributed by atoms with Crippen molar-refractivity contribution in [1.29, 1.82) is 0 Å². The Hall–Kier alpha value is -3.49. The van der Waals surface area contributed by atoms with Gasteiger partial charge in [-0.05, 0) is 43.4 Å². The van der Waals surface area contributed by atoms with Crippen LogP contribution in [0.15, 0.2) is 61.1 Å². The number of rotatable bonds is 4. The van der Waals surface area contributed by atoms with Crippen LogP contribution in [-0.4, -0.2) is 44.4 Å². The lowest BCUT2D eigenvalue weighted by Crippen LogP contribution is -2.59. The van der Waals surface area contributed by atoms with Crippen LogP contribution in [0.3, 0.4) is 0 Å². The fraction of sp³-hybridized carbons (Fsp3) is 0.333. The summed E-state index contributed by atoms with van der Waals surface area (Å²) in [6.07, 6.45) is 1.75. The van der Waals surface area contributed by atoms with E-state index in [1.54, 1.807) is 24.5 Å². The Labute approximate surface area is 188 Å². The zero-order valence-corrected chi connectivity index (χ0v) is 17.6. The first kappa shape index (κ1) is 21.4. The highest BCUT2D eigenvalue weighted by atomic mass is 19.4. The van der Waals surface area contributed by atoms with Crippen LogP contribution >= 0.6 is 0 Å². The van der Waals surface area contributed by atoms with E-state index in [0.717, 1.165) is 31.5 Å². The molecule has 3 fully saturated rings. The fourth-order valence-electron chi connectivity index (χ4n) is 4.72. The second-order valence-corrected chi connectivity index (χ2v) is 8.36. The Bertz CT molecular complexity index is 1140. The molecule has 2 aliphatic heterocycles. The van der Waals surface area contributed by atoms with Crippen molar-refractivity contribution >= 4 is 5.91 Å². The van der Waals surface area contributed by atoms with Crippen molar-refractivity contribution in [2.75, 3.05) is 6.54 Å². The molecule has 1 aliphatic carbocycles. The Balaban J connectivity index is 1.38. The molecule has 170 valence electrons. The number of hydrogen-bond acceptors (Lipinski definition) is 5. The van der Waals surface area contributed by atoms with Crippen LogP contribution in [0.2, 0.25) is 0 Å². The van der Waals surface area contributed by atoms with Crippen LogP contribution in [0.5, 0.6) is 5.88 Å². The van der Waals surface area contributed by atoms with Gasteiger partial charge < -0.3 is 9.64 Å². The number of fused-ring (bicyclic) bond motifs is 3. The van der Waals surface area contributed by atoms with Crippen LogP contribution in [0.4, 0.5) is 13.2 Å². The monoisotopic (exact) mass is 454 g/mol. The van der Waals surface area contributed by atoms with Gasteiger partial charge in [0.2, 0.25) is 5.88 Å². The number of aromatic nitrogens is 3. The standard InChI is InChI=1S/C24H21F3N4O2/c25-24(26,27)16-7-9-21(30-13-16)33-20-12-15-6-8-19(20)31(14-15)23(32)18-5-2-1-4-17(18)22-28-10-3-11-29-22/h1-5,7,9-11,13,15,19-20H,6,8,12,14H2/t15-,19+,20-/m1/s1. The molecule has 6 nitrogen and oxygen atoms in total. The van der Waals surface area contributed by atoms with E-state index in [-0.39, 0.29) is 29.9 Å². The summed E-state index contributed by atoms with van der Waals surface area (Å²) in [4.78, 5) is 27.9. The normalized spacial score (nSPS) is 22.3. The quantitative estimate of drug-likeness (QED) is 0.575. The van der Waals surface area contributed by atoms with E-state index in [9.17, 15) is 18.0 Å². The summed E-state index contributed by atoms with van der Waals surface area (Å²) in [5.41, 5.74) is 0.352. The number of halogens is 3. The minimum Gasteiger partial charge on any atom is -0.472 e. The first-order valence-corrected chi connectivity index (χ1v) is 10.8. The molecule has 2 bridgehead atoms. The molecule has 1 amide bonds. The molecule has 1 saturated carbocycles. The Morgan fingerprint density at radius 1 is 1.00 bits per heavy atom. The average Bonchev–Trinajstić information content (AvgIpc) is 2.84. The highest BCUT2D eigenvalue weighted by Crippen LogP contribution is 2.39. The minimum absolute atomic E-state index is 0.124. The maximum Gasteiger partial charge on any atom is 0.417 e. The van der Waals surface area contributed by atoms with Crippen LogP contribution in [0, 0.1) is 5.92 Å². The van der Waals surface area contributed by atoms with Crippen molar-refractivity contribution in [3.05, 3.63) is 72.2 Å². The summed E-state index contributed by atoms with van der Waals surface area (Å²) in [5.74, 6) is 0.747. The smallest absolute Gasteiger partial charge is 0.417 e. The molecule has 9 heteroatoms. The van der Waals surface area contributed by atoms with Crippen molar-refractivity contribution in [1.82, 2.24) is 19.9 Å². The number of piperidine rings is 2. The Morgan fingerprint density at radius 3 is 2.48 bits per heavy atom. The maximum absolute atomic E-state index is 13.6. The topological polar surface area (TPSA) is 68.2 Å². The van der Waals surface area contributed by atoms with Crippen LogP contribution in [-0.2, 0) is 6.18 Å². The summed E-state index contributed by atoms with van der Waals surface area (Å²) in [6, 6.07) is 11.0. The van der Waals surface area contributed by atoms with E-state index >= 15 is 0 Å². The zero-order valence-electron chi connectivity index (χ0n) is 17.6. The summed E-state index contributed by atoms with van der Waals surface area (Å²) in [6.45, 7) is 0.619. The predicted molar refractivity (Wildman–Crippen MR) is 113 cm³/mol. The first-order valence-electron chi connectivity index (χ1n) is 10.8. The van der Waals surface area contributed by atoms with Crippen molar-refractivity contribution in [2.45, 2.75) is 37.6 Å². The lowest BCUT2D eigenvalue weighted by atomic mass is 9.77. The van der Waals surface area contributed by atoms with Gasteiger partial charge in [0, 0.05) is 36.8 Å². The molecule has 6 rings (SSSR count). The predicted octanol–water partition coefficient (Wildman–Crippen LogP) is 4.63. The molecule has 3 aromatic rings. The Morgan fingerprint density at radius 2 is 1.79 bits per heavy atom. The molecular weight excluding hydrogens is 433 g/mol. The second-order valence-electron chi connectivity index (χ2n) is 8.36. The molecule has 0 N–H and O–H groups in total.